The van der Waals surface area contributed by atoms with Crippen molar-refractivity contribution in [2.75, 3.05) is 6.61 Å². The lowest BCUT2D eigenvalue weighted by atomic mass is 9.99. The van der Waals surface area contributed by atoms with Crippen molar-refractivity contribution in [3.63, 3.8) is 0 Å². The molecule has 10 nitrogen and oxygen atoms in total. The fourth-order valence-electron chi connectivity index (χ4n) is 3.79. The normalized spacial score (nSPS) is 28.2. The van der Waals surface area contributed by atoms with Gasteiger partial charge in [0.1, 0.15) is 18.3 Å². The van der Waals surface area contributed by atoms with Crippen molar-refractivity contribution in [1.82, 2.24) is 10.2 Å². The zero-order valence-electron chi connectivity index (χ0n) is 16.2. The molecule has 2 heterocycles. The fraction of sp³-hybridized carbons (Fsp3) is 0.286. The van der Waals surface area contributed by atoms with Crippen LogP contribution in [0.1, 0.15) is 17.2 Å². The smallest absolute Gasteiger partial charge is 0.324 e. The first-order valence-corrected chi connectivity index (χ1v) is 9.64. The van der Waals surface area contributed by atoms with E-state index in [1.807, 2.05) is 30.3 Å². The predicted octanol–water partition coefficient (Wildman–Crippen LogP) is 1.14. The largest absolute Gasteiger partial charge is 0.394 e. The van der Waals surface area contributed by atoms with E-state index in [2.05, 4.69) is 5.32 Å². The maximum Gasteiger partial charge on any atom is 0.324 e. The minimum absolute atomic E-state index is 0.165. The third-order valence-electron chi connectivity index (χ3n) is 5.36. The number of carbonyl (C=O) groups excluding carboxylic acids is 1. The molecule has 0 saturated carbocycles. The van der Waals surface area contributed by atoms with Gasteiger partial charge in [-0.25, -0.2) is 4.79 Å². The molecule has 0 spiro atoms. The van der Waals surface area contributed by atoms with Gasteiger partial charge in [-0.05, 0) is 11.6 Å². The van der Waals surface area contributed by atoms with E-state index >= 15 is 0 Å². The van der Waals surface area contributed by atoms with Crippen LogP contribution in [-0.4, -0.2) is 62.3 Å². The number of nitro benzene ring substituents is 1. The summed E-state index contributed by atoms with van der Waals surface area (Å²) in [5.74, 6) is 0. The predicted molar refractivity (Wildman–Crippen MR) is 108 cm³/mol. The van der Waals surface area contributed by atoms with Crippen molar-refractivity contribution < 1.29 is 29.8 Å². The molecule has 1 saturated heterocycles. The summed E-state index contributed by atoms with van der Waals surface area (Å²) >= 11 is 0. The van der Waals surface area contributed by atoms with E-state index in [1.165, 1.54) is 18.2 Å². The SMILES string of the molecule is O=C1NC(c2ccccc2)C=C(c2cccc([N+](=O)[O-])c2)N1C1OC(CO)C(O)C1O. The molecule has 31 heavy (non-hydrogen) atoms. The van der Waals surface area contributed by atoms with E-state index in [1.54, 1.807) is 12.1 Å². The highest BCUT2D eigenvalue weighted by atomic mass is 16.6. The van der Waals surface area contributed by atoms with Gasteiger partial charge in [0.2, 0.25) is 0 Å². The lowest BCUT2D eigenvalue weighted by Gasteiger charge is -2.37. The Labute approximate surface area is 177 Å². The number of nitrogens with zero attached hydrogens (tertiary/aromatic N) is 2. The summed E-state index contributed by atoms with van der Waals surface area (Å²) in [4.78, 5) is 25.0. The summed E-state index contributed by atoms with van der Waals surface area (Å²) in [7, 11) is 0. The number of hydrogen-bond acceptors (Lipinski definition) is 7. The number of amides is 2. The quantitative estimate of drug-likeness (QED) is 0.413. The zero-order valence-corrected chi connectivity index (χ0v) is 16.2. The van der Waals surface area contributed by atoms with Crippen LogP contribution in [0.3, 0.4) is 0 Å². The molecule has 1 fully saturated rings. The molecule has 5 unspecified atom stereocenters. The maximum absolute atomic E-state index is 13.1. The van der Waals surface area contributed by atoms with Crippen LogP contribution in [0.4, 0.5) is 10.5 Å². The lowest BCUT2D eigenvalue weighted by Crippen LogP contribution is -2.53. The number of nitro groups is 1. The highest BCUT2D eigenvalue weighted by molar-refractivity contribution is 5.89. The molecule has 2 aliphatic heterocycles. The molecule has 4 rings (SSSR count). The number of rotatable bonds is 5. The van der Waals surface area contributed by atoms with Gasteiger partial charge < -0.3 is 25.4 Å². The summed E-state index contributed by atoms with van der Waals surface area (Å²) in [6.45, 7) is -0.549. The summed E-state index contributed by atoms with van der Waals surface area (Å²) in [5.41, 5.74) is 1.26. The van der Waals surface area contributed by atoms with Crippen LogP contribution in [0.15, 0.2) is 60.7 Å². The number of nitrogens with one attached hydrogen (secondary N) is 1. The Kier molecular flexibility index (Phi) is 5.70. The minimum atomic E-state index is -1.49. The summed E-state index contributed by atoms with van der Waals surface area (Å²) in [5, 5.41) is 44.1. The average Bonchev–Trinajstić information content (AvgIpc) is 3.07. The number of aliphatic hydroxyl groups is 3. The van der Waals surface area contributed by atoms with E-state index in [9.17, 15) is 30.2 Å². The Balaban J connectivity index is 1.81. The lowest BCUT2D eigenvalue weighted by molar-refractivity contribution is -0.384. The van der Waals surface area contributed by atoms with Crippen LogP contribution in [0.2, 0.25) is 0 Å². The van der Waals surface area contributed by atoms with Crippen LogP contribution in [0.25, 0.3) is 5.70 Å². The second kappa shape index (κ2) is 8.44. The highest BCUT2D eigenvalue weighted by Crippen LogP contribution is 2.36. The molecule has 0 bridgehead atoms. The number of aliphatic hydroxyl groups excluding tert-OH is 3. The Bertz CT molecular complexity index is 1010. The molecular formula is C21H21N3O7. The summed E-state index contributed by atoms with van der Waals surface area (Å²) < 4.78 is 5.56. The Morgan fingerprint density at radius 2 is 1.84 bits per heavy atom. The number of hydrogen-bond donors (Lipinski definition) is 4. The van der Waals surface area contributed by atoms with Crippen molar-refractivity contribution in [3.05, 3.63) is 81.9 Å². The molecule has 0 aliphatic carbocycles. The van der Waals surface area contributed by atoms with E-state index < -0.39 is 48.1 Å². The molecule has 4 N–H and O–H groups in total. The van der Waals surface area contributed by atoms with Gasteiger partial charge in [0, 0.05) is 17.7 Å². The average molecular weight is 427 g/mol. The molecule has 162 valence electrons. The molecule has 2 aromatic carbocycles. The van der Waals surface area contributed by atoms with E-state index in [0.717, 1.165) is 10.5 Å². The second-order valence-corrected chi connectivity index (χ2v) is 7.30. The van der Waals surface area contributed by atoms with E-state index in [-0.39, 0.29) is 11.4 Å². The van der Waals surface area contributed by atoms with Gasteiger partial charge in [0.05, 0.1) is 23.3 Å². The second-order valence-electron chi connectivity index (χ2n) is 7.30. The van der Waals surface area contributed by atoms with Gasteiger partial charge in [0.15, 0.2) is 6.23 Å². The Morgan fingerprint density at radius 3 is 2.48 bits per heavy atom. The Hall–Kier alpha value is -3.31. The molecule has 2 aromatic rings. The van der Waals surface area contributed by atoms with Crippen LogP contribution >= 0.6 is 0 Å². The van der Waals surface area contributed by atoms with Crippen molar-refractivity contribution in [2.45, 2.75) is 30.6 Å². The molecule has 0 radical (unpaired) electrons. The van der Waals surface area contributed by atoms with Crippen LogP contribution in [0, 0.1) is 10.1 Å². The van der Waals surface area contributed by atoms with Gasteiger partial charge in [-0.3, -0.25) is 15.0 Å². The number of non-ortho nitro benzene ring substituents is 1. The number of benzene rings is 2. The fourth-order valence-corrected chi connectivity index (χ4v) is 3.79. The third-order valence-corrected chi connectivity index (χ3v) is 5.36. The Morgan fingerprint density at radius 1 is 1.10 bits per heavy atom. The first-order chi connectivity index (χ1) is 14.9. The van der Waals surface area contributed by atoms with Gasteiger partial charge in [0.25, 0.3) is 5.69 Å². The zero-order chi connectivity index (χ0) is 22.1. The topological polar surface area (TPSA) is 145 Å². The van der Waals surface area contributed by atoms with Crippen molar-refractivity contribution in [1.29, 1.82) is 0 Å². The van der Waals surface area contributed by atoms with Gasteiger partial charge >= 0.3 is 6.03 Å². The molecule has 10 heteroatoms. The van der Waals surface area contributed by atoms with Crippen LogP contribution < -0.4 is 5.32 Å². The van der Waals surface area contributed by atoms with E-state index in [4.69, 9.17) is 4.74 Å². The van der Waals surface area contributed by atoms with Crippen molar-refractivity contribution in [2.24, 2.45) is 0 Å². The van der Waals surface area contributed by atoms with Crippen molar-refractivity contribution >= 4 is 17.4 Å². The van der Waals surface area contributed by atoms with Crippen molar-refractivity contribution in [3.8, 4) is 0 Å². The minimum Gasteiger partial charge on any atom is -0.394 e. The standard InChI is InChI=1S/C21H21N3O7/c25-11-17-18(26)19(27)20(31-17)23-16(13-7-4-8-14(9-13)24(29)30)10-15(22-21(23)28)12-5-2-1-3-6-12/h1-10,15,17-20,25-27H,11H2,(H,22,28). The van der Waals surface area contributed by atoms with Crippen LogP contribution in [-0.2, 0) is 4.74 Å². The number of ether oxygens (including phenoxy) is 1. The molecule has 2 amide bonds. The molecule has 0 aromatic heterocycles. The summed E-state index contributed by atoms with van der Waals surface area (Å²) in [6, 6.07) is 13.7. The molecule has 2 aliphatic rings. The van der Waals surface area contributed by atoms with Gasteiger partial charge in [-0.2, -0.15) is 0 Å². The van der Waals surface area contributed by atoms with E-state index in [0.29, 0.717) is 5.56 Å². The van der Waals surface area contributed by atoms with Gasteiger partial charge in [-0.1, -0.05) is 42.5 Å². The maximum atomic E-state index is 13.1. The van der Waals surface area contributed by atoms with Crippen LogP contribution in [0.5, 0.6) is 0 Å². The number of urea groups is 1. The monoisotopic (exact) mass is 427 g/mol. The number of carbonyl (C=O) groups is 1. The first kappa shape index (κ1) is 20.9. The third kappa shape index (κ3) is 3.89. The molecule has 5 atom stereocenters. The summed E-state index contributed by atoms with van der Waals surface area (Å²) in [6.07, 6.45) is -3.57. The molecular weight excluding hydrogens is 406 g/mol. The van der Waals surface area contributed by atoms with Gasteiger partial charge in [-0.15, -0.1) is 0 Å². The highest BCUT2D eigenvalue weighted by Gasteiger charge is 2.49. The first-order valence-electron chi connectivity index (χ1n) is 9.64.